The SMILES string of the molecule is COc1c(F)cc(NC(=O)[C@@H](C)N)cc1F.Cl. The lowest BCUT2D eigenvalue weighted by Gasteiger charge is -2.10. The van der Waals surface area contributed by atoms with E-state index in [1.165, 1.54) is 6.92 Å². The molecule has 3 N–H and O–H groups in total. The molecule has 0 heterocycles. The molecule has 1 atom stereocenters. The Bertz CT molecular complexity index is 390. The maximum absolute atomic E-state index is 13.2. The van der Waals surface area contributed by atoms with E-state index >= 15 is 0 Å². The molecule has 1 rings (SSSR count). The van der Waals surface area contributed by atoms with Crippen molar-refractivity contribution in [1.82, 2.24) is 0 Å². The van der Waals surface area contributed by atoms with Gasteiger partial charge in [0, 0.05) is 17.8 Å². The Morgan fingerprint density at radius 3 is 2.24 bits per heavy atom. The average Bonchev–Trinajstić information content (AvgIpc) is 2.16. The van der Waals surface area contributed by atoms with Crippen molar-refractivity contribution in [2.45, 2.75) is 13.0 Å². The van der Waals surface area contributed by atoms with Crippen LogP contribution in [-0.4, -0.2) is 19.1 Å². The summed E-state index contributed by atoms with van der Waals surface area (Å²) >= 11 is 0. The number of carbonyl (C=O) groups is 1. The summed E-state index contributed by atoms with van der Waals surface area (Å²) in [5.74, 6) is -2.78. The normalized spacial score (nSPS) is 11.4. The highest BCUT2D eigenvalue weighted by Crippen LogP contribution is 2.25. The summed E-state index contributed by atoms with van der Waals surface area (Å²) < 4.78 is 30.9. The minimum Gasteiger partial charge on any atom is -0.491 e. The van der Waals surface area contributed by atoms with Crippen molar-refractivity contribution in [2.24, 2.45) is 5.73 Å². The van der Waals surface area contributed by atoms with E-state index in [0.717, 1.165) is 19.2 Å². The number of amides is 1. The van der Waals surface area contributed by atoms with Crippen molar-refractivity contribution in [3.63, 3.8) is 0 Å². The van der Waals surface area contributed by atoms with Crippen LogP contribution in [0.3, 0.4) is 0 Å². The van der Waals surface area contributed by atoms with E-state index in [1.54, 1.807) is 0 Å². The largest absolute Gasteiger partial charge is 0.491 e. The molecule has 1 aromatic carbocycles. The lowest BCUT2D eigenvalue weighted by atomic mass is 10.2. The molecule has 0 spiro atoms. The van der Waals surface area contributed by atoms with Gasteiger partial charge in [-0.2, -0.15) is 0 Å². The van der Waals surface area contributed by atoms with Crippen LogP contribution in [0.25, 0.3) is 0 Å². The molecule has 0 bridgehead atoms. The van der Waals surface area contributed by atoms with Gasteiger partial charge >= 0.3 is 0 Å². The predicted octanol–water partition coefficient (Wildman–Crippen LogP) is 1.68. The number of benzene rings is 1. The van der Waals surface area contributed by atoms with Gasteiger partial charge in [0.05, 0.1) is 13.2 Å². The van der Waals surface area contributed by atoms with Crippen molar-refractivity contribution in [3.8, 4) is 5.75 Å². The maximum atomic E-state index is 13.2. The molecular weight excluding hydrogens is 254 g/mol. The second-order valence-corrected chi connectivity index (χ2v) is 3.25. The Morgan fingerprint density at radius 2 is 1.88 bits per heavy atom. The molecule has 1 aromatic rings. The molecule has 7 heteroatoms. The number of halogens is 3. The van der Waals surface area contributed by atoms with Gasteiger partial charge in [0.2, 0.25) is 5.91 Å². The van der Waals surface area contributed by atoms with Crippen molar-refractivity contribution >= 4 is 24.0 Å². The summed E-state index contributed by atoms with van der Waals surface area (Å²) in [5.41, 5.74) is 5.29. The third-order valence-corrected chi connectivity index (χ3v) is 1.88. The summed E-state index contributed by atoms with van der Waals surface area (Å²) in [6, 6.07) is 1.16. The Kier molecular flexibility index (Phi) is 5.84. The topological polar surface area (TPSA) is 64.3 Å². The van der Waals surface area contributed by atoms with Gasteiger partial charge in [-0.05, 0) is 6.92 Å². The molecule has 0 aliphatic carbocycles. The van der Waals surface area contributed by atoms with E-state index < -0.39 is 29.3 Å². The summed E-state index contributed by atoms with van der Waals surface area (Å²) in [7, 11) is 1.15. The van der Waals surface area contributed by atoms with Crippen LogP contribution >= 0.6 is 12.4 Å². The fourth-order valence-corrected chi connectivity index (χ4v) is 1.08. The number of hydrogen-bond donors (Lipinski definition) is 2. The predicted molar refractivity (Wildman–Crippen MR) is 62.4 cm³/mol. The fourth-order valence-electron chi connectivity index (χ4n) is 1.08. The summed E-state index contributed by atoms with van der Waals surface area (Å²) in [5, 5.41) is 2.27. The van der Waals surface area contributed by atoms with Crippen LogP contribution in [0.4, 0.5) is 14.5 Å². The number of nitrogens with two attached hydrogens (primary N) is 1. The number of hydrogen-bond acceptors (Lipinski definition) is 3. The van der Waals surface area contributed by atoms with Crippen molar-refractivity contribution in [1.29, 1.82) is 0 Å². The number of carbonyl (C=O) groups excluding carboxylic acids is 1. The first-order chi connectivity index (χ1) is 7.45. The second kappa shape index (κ2) is 6.36. The Labute approximate surface area is 104 Å². The summed E-state index contributed by atoms with van der Waals surface area (Å²) in [4.78, 5) is 11.2. The smallest absolute Gasteiger partial charge is 0.241 e. The van der Waals surface area contributed by atoms with Gasteiger partial charge in [-0.1, -0.05) is 0 Å². The van der Waals surface area contributed by atoms with Gasteiger partial charge in [0.25, 0.3) is 0 Å². The Hall–Kier alpha value is -1.40. The van der Waals surface area contributed by atoms with Gasteiger partial charge < -0.3 is 15.8 Å². The number of methoxy groups -OCH3 is 1. The number of anilines is 1. The van der Waals surface area contributed by atoms with Crippen LogP contribution in [0.1, 0.15) is 6.92 Å². The molecule has 0 unspecified atom stereocenters. The maximum Gasteiger partial charge on any atom is 0.241 e. The molecule has 1 amide bonds. The molecule has 0 aromatic heterocycles. The number of ether oxygens (including phenoxy) is 1. The number of nitrogens with one attached hydrogen (secondary N) is 1. The Balaban J connectivity index is 0.00000256. The standard InChI is InChI=1S/C10H12F2N2O2.ClH/c1-5(13)10(15)14-6-3-7(11)9(16-2)8(12)4-6;/h3-5H,13H2,1-2H3,(H,14,15);1H/t5-;/m1./s1. The minimum absolute atomic E-state index is 0. The van der Waals surface area contributed by atoms with Crippen LogP contribution < -0.4 is 15.8 Å². The fraction of sp³-hybridized carbons (Fsp3) is 0.300. The molecule has 4 nitrogen and oxygen atoms in total. The van der Waals surface area contributed by atoms with Gasteiger partial charge in [0.1, 0.15) is 0 Å². The van der Waals surface area contributed by atoms with E-state index in [0.29, 0.717) is 0 Å². The first-order valence-corrected chi connectivity index (χ1v) is 4.55. The zero-order valence-electron chi connectivity index (χ0n) is 9.29. The monoisotopic (exact) mass is 266 g/mol. The molecule has 17 heavy (non-hydrogen) atoms. The van der Waals surface area contributed by atoms with E-state index in [9.17, 15) is 13.6 Å². The molecule has 96 valence electrons. The molecule has 0 aliphatic heterocycles. The van der Waals surface area contributed by atoms with Crippen LogP contribution in [0.2, 0.25) is 0 Å². The highest BCUT2D eigenvalue weighted by molar-refractivity contribution is 5.94. The van der Waals surface area contributed by atoms with E-state index in [2.05, 4.69) is 10.1 Å². The molecule has 0 saturated carbocycles. The van der Waals surface area contributed by atoms with E-state index in [1.807, 2.05) is 0 Å². The van der Waals surface area contributed by atoms with E-state index in [-0.39, 0.29) is 18.1 Å². The third-order valence-electron chi connectivity index (χ3n) is 1.88. The molecule has 0 aliphatic rings. The van der Waals surface area contributed by atoms with Crippen LogP contribution in [0, 0.1) is 11.6 Å². The van der Waals surface area contributed by atoms with Crippen LogP contribution in [-0.2, 0) is 4.79 Å². The van der Waals surface area contributed by atoms with Crippen LogP contribution in [0.5, 0.6) is 5.75 Å². The van der Waals surface area contributed by atoms with Crippen molar-refractivity contribution in [2.75, 3.05) is 12.4 Å². The first-order valence-electron chi connectivity index (χ1n) is 4.55. The molecule has 0 radical (unpaired) electrons. The van der Waals surface area contributed by atoms with Gasteiger partial charge in [-0.25, -0.2) is 8.78 Å². The molecular formula is C10H13ClF2N2O2. The lowest BCUT2D eigenvalue weighted by Crippen LogP contribution is -2.32. The van der Waals surface area contributed by atoms with Gasteiger partial charge in [0.15, 0.2) is 17.4 Å². The number of rotatable bonds is 3. The zero-order valence-corrected chi connectivity index (χ0v) is 10.1. The second-order valence-electron chi connectivity index (χ2n) is 3.25. The van der Waals surface area contributed by atoms with E-state index in [4.69, 9.17) is 5.73 Å². The summed E-state index contributed by atoms with van der Waals surface area (Å²) in [6.45, 7) is 1.46. The first kappa shape index (κ1) is 15.6. The molecule has 0 saturated heterocycles. The molecule has 0 fully saturated rings. The highest BCUT2D eigenvalue weighted by atomic mass is 35.5. The Morgan fingerprint density at radius 1 is 1.41 bits per heavy atom. The van der Waals surface area contributed by atoms with Crippen molar-refractivity contribution in [3.05, 3.63) is 23.8 Å². The third kappa shape index (κ3) is 3.83. The highest BCUT2D eigenvalue weighted by Gasteiger charge is 2.14. The quantitative estimate of drug-likeness (QED) is 0.875. The minimum atomic E-state index is -0.887. The van der Waals surface area contributed by atoms with Crippen molar-refractivity contribution < 1.29 is 18.3 Å². The average molecular weight is 267 g/mol. The summed E-state index contributed by atoms with van der Waals surface area (Å²) in [6.07, 6.45) is 0. The van der Waals surface area contributed by atoms with Gasteiger partial charge in [-0.15, -0.1) is 12.4 Å². The van der Waals surface area contributed by atoms with Crippen LogP contribution in [0.15, 0.2) is 12.1 Å². The van der Waals surface area contributed by atoms with Gasteiger partial charge in [-0.3, -0.25) is 4.79 Å². The zero-order chi connectivity index (χ0) is 12.3. The lowest BCUT2D eigenvalue weighted by molar-refractivity contribution is -0.117.